The lowest BCUT2D eigenvalue weighted by atomic mass is 9.73. The van der Waals surface area contributed by atoms with Crippen LogP contribution in [0.3, 0.4) is 0 Å². The summed E-state index contributed by atoms with van der Waals surface area (Å²) in [6.45, 7) is 2.07. The van der Waals surface area contributed by atoms with E-state index in [1.165, 1.54) is 31.3 Å². The van der Waals surface area contributed by atoms with Crippen molar-refractivity contribution >= 4 is 11.8 Å². The number of fused-ring (bicyclic) bond motifs is 1. The van der Waals surface area contributed by atoms with Gasteiger partial charge in [0, 0.05) is 12.0 Å². The number of ketones is 1. The summed E-state index contributed by atoms with van der Waals surface area (Å²) in [7, 11) is 0. The van der Waals surface area contributed by atoms with Crippen LogP contribution in [0.2, 0.25) is 0 Å². The normalized spacial score (nSPS) is 27.3. The maximum absolute atomic E-state index is 15.1. The minimum absolute atomic E-state index is 0.0437. The number of rotatable bonds is 7. The second-order valence-corrected chi connectivity index (χ2v) is 8.16. The molecule has 1 aromatic heterocycles. The van der Waals surface area contributed by atoms with Gasteiger partial charge in [0.2, 0.25) is 12.7 Å². The molecule has 2 aromatic rings. The lowest BCUT2D eigenvalue weighted by molar-refractivity contribution is 0.00733. The van der Waals surface area contributed by atoms with Crippen molar-refractivity contribution in [2.45, 2.75) is 44.2 Å². The van der Waals surface area contributed by atoms with E-state index in [4.69, 9.17) is 15.2 Å². The van der Waals surface area contributed by atoms with Crippen molar-refractivity contribution in [1.29, 1.82) is 0 Å². The summed E-state index contributed by atoms with van der Waals surface area (Å²) in [5.41, 5.74) is 5.27. The zero-order valence-electron chi connectivity index (χ0n) is 18.0. The van der Waals surface area contributed by atoms with Crippen LogP contribution in [0.4, 0.5) is 13.2 Å². The number of carbonyl (C=O) groups is 1. The number of nitrogens with two attached hydrogens (primary N) is 1. The molecule has 0 saturated carbocycles. The number of amidine groups is 1. The fourth-order valence-corrected chi connectivity index (χ4v) is 4.49. The van der Waals surface area contributed by atoms with Crippen molar-refractivity contribution in [2.75, 3.05) is 13.5 Å². The molecule has 0 bridgehead atoms. The van der Waals surface area contributed by atoms with Crippen molar-refractivity contribution in [3.63, 3.8) is 0 Å². The second kappa shape index (κ2) is 8.97. The molecule has 8 nitrogen and oxygen atoms in total. The topological polar surface area (TPSA) is 109 Å². The van der Waals surface area contributed by atoms with Crippen molar-refractivity contribution in [2.24, 2.45) is 16.6 Å². The fraction of sp³-hybridized carbons (Fsp3) is 0.455. The Bertz CT molecular complexity index is 1070. The van der Waals surface area contributed by atoms with Crippen LogP contribution in [0.25, 0.3) is 0 Å². The molecular weight excluding hydrogens is 441 g/mol. The van der Waals surface area contributed by atoms with Gasteiger partial charge in [-0.1, -0.05) is 6.07 Å². The van der Waals surface area contributed by atoms with Gasteiger partial charge in [-0.2, -0.15) is 0 Å². The zero-order chi connectivity index (χ0) is 23.8. The Balaban J connectivity index is 1.65. The molecule has 4 rings (SSSR count). The SMILES string of the molecule is CC(F)[C@@H]1OC[C@H]2OC(N)=N[C@](C)(c3cc(CC(=O)c4cnc(OCF)cn4)ccc3F)[C@H]21. The highest BCUT2D eigenvalue weighted by atomic mass is 19.1. The summed E-state index contributed by atoms with van der Waals surface area (Å²) in [5.74, 6) is -1.63. The maximum Gasteiger partial charge on any atom is 0.283 e. The van der Waals surface area contributed by atoms with Crippen LogP contribution >= 0.6 is 0 Å². The number of nitrogens with zero attached hydrogens (tertiary/aromatic N) is 3. The molecule has 0 spiro atoms. The summed E-state index contributed by atoms with van der Waals surface area (Å²) in [4.78, 5) is 24.8. The number of hydrogen-bond donors (Lipinski definition) is 1. The van der Waals surface area contributed by atoms with Crippen LogP contribution in [0.1, 0.15) is 35.5 Å². The Morgan fingerprint density at radius 1 is 1.36 bits per heavy atom. The number of benzene rings is 1. The molecule has 0 amide bonds. The maximum atomic E-state index is 15.1. The standard InChI is InChI=1S/C22H23F3N4O4/c1-11(24)20-19-17(9-31-20)33-21(26)29-22(19,2)13-5-12(3-4-14(13)25)6-16(30)15-7-28-18(8-27-15)32-10-23/h3-5,7-8,11,17,19-20H,6,9-10H2,1-2H3,(H2,26,29)/t11?,17-,19-,20+,22-/m1/s1. The molecule has 2 aliphatic rings. The first kappa shape index (κ1) is 23.0. The van der Waals surface area contributed by atoms with E-state index in [9.17, 15) is 13.6 Å². The average molecular weight is 464 g/mol. The van der Waals surface area contributed by atoms with Gasteiger partial charge in [-0.25, -0.2) is 28.1 Å². The van der Waals surface area contributed by atoms with Gasteiger partial charge in [0.25, 0.3) is 6.02 Å². The van der Waals surface area contributed by atoms with Gasteiger partial charge in [0.05, 0.1) is 31.0 Å². The third kappa shape index (κ3) is 4.37. The van der Waals surface area contributed by atoms with E-state index in [-0.39, 0.29) is 42.0 Å². The highest BCUT2D eigenvalue weighted by molar-refractivity contribution is 5.95. The zero-order valence-corrected chi connectivity index (χ0v) is 18.0. The Morgan fingerprint density at radius 2 is 2.15 bits per heavy atom. The molecule has 11 heteroatoms. The summed E-state index contributed by atoms with van der Waals surface area (Å²) in [6, 6.07) is 4.07. The molecule has 3 heterocycles. The van der Waals surface area contributed by atoms with Crippen LogP contribution in [0.5, 0.6) is 5.88 Å². The number of alkyl halides is 2. The van der Waals surface area contributed by atoms with Gasteiger partial charge >= 0.3 is 0 Å². The van der Waals surface area contributed by atoms with Gasteiger partial charge in [-0.15, -0.1) is 0 Å². The van der Waals surface area contributed by atoms with Crippen LogP contribution < -0.4 is 10.5 Å². The van der Waals surface area contributed by atoms with Crippen LogP contribution in [0, 0.1) is 11.7 Å². The first-order chi connectivity index (χ1) is 15.7. The predicted molar refractivity (Wildman–Crippen MR) is 111 cm³/mol. The number of halogens is 3. The first-order valence-corrected chi connectivity index (χ1v) is 10.3. The molecule has 0 radical (unpaired) electrons. The number of aromatic nitrogens is 2. The Labute approximate surface area is 188 Å². The van der Waals surface area contributed by atoms with Crippen LogP contribution in [0.15, 0.2) is 35.6 Å². The van der Waals surface area contributed by atoms with Crippen molar-refractivity contribution in [1.82, 2.24) is 9.97 Å². The molecule has 1 unspecified atom stereocenters. The lowest BCUT2D eigenvalue weighted by Crippen LogP contribution is -2.51. The second-order valence-electron chi connectivity index (χ2n) is 8.16. The fourth-order valence-electron chi connectivity index (χ4n) is 4.49. The van der Waals surface area contributed by atoms with Gasteiger partial charge in [-0.3, -0.25) is 4.79 Å². The molecule has 2 N–H and O–H groups in total. The predicted octanol–water partition coefficient (Wildman–Crippen LogP) is 2.65. The molecule has 33 heavy (non-hydrogen) atoms. The van der Waals surface area contributed by atoms with Crippen LogP contribution in [-0.4, -0.2) is 53.6 Å². The molecule has 2 aliphatic heterocycles. The Hall–Kier alpha value is -3.21. The van der Waals surface area contributed by atoms with Crippen molar-refractivity contribution in [3.8, 4) is 5.88 Å². The average Bonchev–Trinajstić information content (AvgIpc) is 3.20. The van der Waals surface area contributed by atoms with Gasteiger partial charge in [0.1, 0.15) is 29.3 Å². The molecule has 1 aromatic carbocycles. The summed E-state index contributed by atoms with van der Waals surface area (Å²) in [5, 5.41) is 0. The molecule has 176 valence electrons. The minimum Gasteiger partial charge on any atom is -0.459 e. The monoisotopic (exact) mass is 464 g/mol. The van der Waals surface area contributed by atoms with Gasteiger partial charge < -0.3 is 19.9 Å². The molecule has 1 fully saturated rings. The third-order valence-corrected chi connectivity index (χ3v) is 5.98. The van der Waals surface area contributed by atoms with E-state index >= 15 is 4.39 Å². The van der Waals surface area contributed by atoms with E-state index in [0.29, 0.717) is 5.56 Å². The number of hydrogen-bond acceptors (Lipinski definition) is 8. The molecule has 1 saturated heterocycles. The first-order valence-electron chi connectivity index (χ1n) is 10.3. The van der Waals surface area contributed by atoms with E-state index in [1.54, 1.807) is 6.92 Å². The number of Topliss-reactive ketones (excluding diaryl/α,β-unsaturated/α-hetero) is 1. The number of carbonyl (C=O) groups excluding carboxylic acids is 1. The van der Waals surface area contributed by atoms with Gasteiger partial charge in [-0.05, 0) is 31.5 Å². The van der Waals surface area contributed by atoms with Crippen molar-refractivity contribution in [3.05, 3.63) is 53.2 Å². The summed E-state index contributed by atoms with van der Waals surface area (Å²) < 4.78 is 57.3. The van der Waals surface area contributed by atoms with E-state index in [2.05, 4.69) is 19.7 Å². The Morgan fingerprint density at radius 3 is 2.82 bits per heavy atom. The largest absolute Gasteiger partial charge is 0.459 e. The quantitative estimate of drug-likeness (QED) is 0.628. The third-order valence-electron chi connectivity index (χ3n) is 5.98. The summed E-state index contributed by atoms with van der Waals surface area (Å²) >= 11 is 0. The molecule has 0 aliphatic carbocycles. The number of aliphatic imine (C=N–C) groups is 1. The highest BCUT2D eigenvalue weighted by Crippen LogP contribution is 2.47. The van der Waals surface area contributed by atoms with Crippen LogP contribution in [-0.2, 0) is 21.4 Å². The number of ether oxygens (including phenoxy) is 3. The van der Waals surface area contributed by atoms with E-state index in [0.717, 1.165) is 6.20 Å². The van der Waals surface area contributed by atoms with E-state index < -0.39 is 42.5 Å². The molecule has 5 atom stereocenters. The lowest BCUT2D eigenvalue weighted by Gasteiger charge is -2.41. The van der Waals surface area contributed by atoms with Gasteiger partial charge in [0.15, 0.2) is 5.78 Å². The highest BCUT2D eigenvalue weighted by Gasteiger charge is 2.56. The minimum atomic E-state index is -1.34. The summed E-state index contributed by atoms with van der Waals surface area (Å²) in [6.07, 6.45) is -0.571. The van der Waals surface area contributed by atoms with E-state index in [1.807, 2.05) is 0 Å². The Kier molecular flexibility index (Phi) is 6.24. The molecular formula is C22H23F3N4O4. The van der Waals surface area contributed by atoms with Crippen molar-refractivity contribution < 1.29 is 32.2 Å². The smallest absolute Gasteiger partial charge is 0.283 e.